The van der Waals surface area contributed by atoms with Gasteiger partial charge in [0.2, 0.25) is 0 Å². The van der Waals surface area contributed by atoms with Crippen molar-refractivity contribution >= 4 is 11.6 Å². The Morgan fingerprint density at radius 3 is 2.30 bits per heavy atom. The van der Waals surface area contributed by atoms with Gasteiger partial charge in [0, 0.05) is 5.56 Å². The Labute approximate surface area is 135 Å². The average Bonchev–Trinajstić information content (AvgIpc) is 2.58. The number of nitrogens with one attached hydrogen (secondary N) is 1. The summed E-state index contributed by atoms with van der Waals surface area (Å²) in [6.07, 6.45) is 0.938. The van der Waals surface area contributed by atoms with Gasteiger partial charge in [0.15, 0.2) is 0 Å². The molecule has 5 nitrogen and oxygen atoms in total. The van der Waals surface area contributed by atoms with Crippen LogP contribution in [-0.2, 0) is 0 Å². The zero-order valence-corrected chi connectivity index (χ0v) is 13.2. The fourth-order valence-electron chi connectivity index (χ4n) is 1.89. The lowest BCUT2D eigenvalue weighted by Crippen LogP contribution is -2.19. The monoisotopic (exact) mass is 312 g/mol. The van der Waals surface area contributed by atoms with Crippen molar-refractivity contribution in [1.29, 1.82) is 0 Å². The highest BCUT2D eigenvalue weighted by molar-refractivity contribution is 6.00. The molecule has 2 rings (SSSR count). The van der Waals surface area contributed by atoms with E-state index >= 15 is 0 Å². The first-order valence-corrected chi connectivity index (χ1v) is 7.47. The lowest BCUT2D eigenvalue weighted by Gasteiger charge is -2.06. The molecule has 0 aromatic heterocycles. The van der Waals surface area contributed by atoms with Crippen LogP contribution in [0.4, 0.5) is 0 Å². The van der Waals surface area contributed by atoms with Gasteiger partial charge in [0.1, 0.15) is 11.5 Å². The number of ether oxygens (including phenoxy) is 1. The second-order valence-electron chi connectivity index (χ2n) is 5.06. The molecular weight excluding hydrogens is 292 g/mol. The molecule has 0 heterocycles. The summed E-state index contributed by atoms with van der Waals surface area (Å²) in [5, 5.41) is 13.3. The van der Waals surface area contributed by atoms with Gasteiger partial charge in [-0.1, -0.05) is 6.92 Å². The van der Waals surface area contributed by atoms with E-state index in [4.69, 9.17) is 4.74 Å². The molecule has 120 valence electrons. The van der Waals surface area contributed by atoms with Crippen LogP contribution in [0.1, 0.15) is 36.2 Å². The normalized spacial score (nSPS) is 11.1. The molecule has 0 aliphatic carbocycles. The SMILES string of the molecule is CCCOc1ccc(C(=O)N/N=C(/C)c2ccc(O)cc2)cc1. The van der Waals surface area contributed by atoms with Gasteiger partial charge < -0.3 is 9.84 Å². The van der Waals surface area contributed by atoms with Gasteiger partial charge in [-0.05, 0) is 67.4 Å². The molecule has 2 N–H and O–H groups in total. The second-order valence-corrected chi connectivity index (χ2v) is 5.06. The van der Waals surface area contributed by atoms with Crippen LogP contribution in [0, 0.1) is 0 Å². The largest absolute Gasteiger partial charge is 0.508 e. The molecule has 0 atom stereocenters. The Bertz CT molecular complexity index is 676. The van der Waals surface area contributed by atoms with Crippen LogP contribution in [0.3, 0.4) is 0 Å². The van der Waals surface area contributed by atoms with E-state index in [2.05, 4.69) is 10.5 Å². The number of phenols is 1. The lowest BCUT2D eigenvalue weighted by atomic mass is 10.1. The predicted octanol–water partition coefficient (Wildman–Crippen LogP) is 3.34. The van der Waals surface area contributed by atoms with Crippen molar-refractivity contribution in [2.24, 2.45) is 5.10 Å². The number of aromatic hydroxyl groups is 1. The molecule has 0 radical (unpaired) electrons. The highest BCUT2D eigenvalue weighted by Crippen LogP contribution is 2.13. The third-order valence-corrected chi connectivity index (χ3v) is 3.20. The summed E-state index contributed by atoms with van der Waals surface area (Å²) in [6.45, 7) is 4.48. The topological polar surface area (TPSA) is 70.9 Å². The van der Waals surface area contributed by atoms with Crippen molar-refractivity contribution in [3.8, 4) is 11.5 Å². The Balaban J connectivity index is 1.98. The van der Waals surface area contributed by atoms with Crippen molar-refractivity contribution in [2.45, 2.75) is 20.3 Å². The number of hydrazone groups is 1. The Kier molecular flexibility index (Phi) is 5.74. The van der Waals surface area contributed by atoms with E-state index in [0.717, 1.165) is 17.7 Å². The molecule has 5 heteroatoms. The predicted molar refractivity (Wildman–Crippen MR) is 90.0 cm³/mol. The molecule has 2 aromatic rings. The first-order chi connectivity index (χ1) is 11.1. The van der Waals surface area contributed by atoms with Crippen molar-refractivity contribution in [1.82, 2.24) is 5.43 Å². The molecule has 1 amide bonds. The van der Waals surface area contributed by atoms with E-state index < -0.39 is 0 Å². The Morgan fingerprint density at radius 2 is 1.70 bits per heavy atom. The lowest BCUT2D eigenvalue weighted by molar-refractivity contribution is 0.0955. The minimum Gasteiger partial charge on any atom is -0.508 e. The van der Waals surface area contributed by atoms with Crippen LogP contribution in [0.15, 0.2) is 53.6 Å². The van der Waals surface area contributed by atoms with Crippen molar-refractivity contribution in [3.63, 3.8) is 0 Å². The minimum atomic E-state index is -0.287. The Hall–Kier alpha value is -2.82. The smallest absolute Gasteiger partial charge is 0.271 e. The molecule has 2 aromatic carbocycles. The second kappa shape index (κ2) is 7.98. The molecule has 0 spiro atoms. The fraction of sp³-hybridized carbons (Fsp3) is 0.222. The zero-order valence-electron chi connectivity index (χ0n) is 13.2. The van der Waals surface area contributed by atoms with Crippen LogP contribution >= 0.6 is 0 Å². The summed E-state index contributed by atoms with van der Waals surface area (Å²) in [7, 11) is 0. The molecule has 23 heavy (non-hydrogen) atoms. The highest BCUT2D eigenvalue weighted by atomic mass is 16.5. The number of carbonyl (C=O) groups excluding carboxylic acids is 1. The molecule has 0 saturated heterocycles. The summed E-state index contributed by atoms with van der Waals surface area (Å²) in [5.41, 5.74) is 4.51. The van der Waals surface area contributed by atoms with Crippen LogP contribution in [0.25, 0.3) is 0 Å². The maximum absolute atomic E-state index is 12.1. The molecular formula is C18H20N2O3. The maximum atomic E-state index is 12.1. The highest BCUT2D eigenvalue weighted by Gasteiger charge is 2.05. The van der Waals surface area contributed by atoms with Gasteiger partial charge in [-0.3, -0.25) is 4.79 Å². The Morgan fingerprint density at radius 1 is 1.09 bits per heavy atom. The standard InChI is InChI=1S/C18H20N2O3/c1-3-12-23-17-10-6-15(7-11-17)18(22)20-19-13(2)14-4-8-16(21)9-5-14/h4-11,21H,3,12H2,1-2H3,(H,20,22)/b19-13-. The van der Waals surface area contributed by atoms with E-state index in [1.807, 2.05) is 6.92 Å². The number of hydrogen-bond acceptors (Lipinski definition) is 4. The van der Waals surface area contributed by atoms with E-state index in [1.54, 1.807) is 55.5 Å². The summed E-state index contributed by atoms with van der Waals surface area (Å²) in [4.78, 5) is 12.1. The molecule has 0 aliphatic rings. The van der Waals surface area contributed by atoms with Crippen molar-refractivity contribution < 1.29 is 14.6 Å². The molecule has 0 unspecified atom stereocenters. The van der Waals surface area contributed by atoms with Crippen molar-refractivity contribution in [3.05, 3.63) is 59.7 Å². The number of nitrogens with zero attached hydrogens (tertiary/aromatic N) is 1. The average molecular weight is 312 g/mol. The number of benzene rings is 2. The number of rotatable bonds is 6. The van der Waals surface area contributed by atoms with Gasteiger partial charge in [-0.2, -0.15) is 5.10 Å². The maximum Gasteiger partial charge on any atom is 0.271 e. The van der Waals surface area contributed by atoms with Gasteiger partial charge in [0.05, 0.1) is 12.3 Å². The third-order valence-electron chi connectivity index (χ3n) is 3.20. The first kappa shape index (κ1) is 16.5. The van der Waals surface area contributed by atoms with Crippen LogP contribution < -0.4 is 10.2 Å². The zero-order chi connectivity index (χ0) is 16.7. The van der Waals surface area contributed by atoms with Gasteiger partial charge >= 0.3 is 0 Å². The van der Waals surface area contributed by atoms with Crippen molar-refractivity contribution in [2.75, 3.05) is 6.61 Å². The summed E-state index contributed by atoms with van der Waals surface area (Å²) < 4.78 is 5.48. The van der Waals surface area contributed by atoms with Crippen LogP contribution in [0.5, 0.6) is 11.5 Å². The first-order valence-electron chi connectivity index (χ1n) is 7.47. The number of carbonyl (C=O) groups is 1. The van der Waals surface area contributed by atoms with Crippen LogP contribution in [-0.4, -0.2) is 23.3 Å². The molecule has 0 saturated carbocycles. The fourth-order valence-corrected chi connectivity index (χ4v) is 1.89. The van der Waals surface area contributed by atoms with Crippen LogP contribution in [0.2, 0.25) is 0 Å². The summed E-state index contributed by atoms with van der Waals surface area (Å²) in [5.74, 6) is 0.647. The third kappa shape index (κ3) is 4.85. The van der Waals surface area contributed by atoms with Gasteiger partial charge in [0.25, 0.3) is 5.91 Å². The van der Waals surface area contributed by atoms with E-state index in [1.165, 1.54) is 0 Å². The van der Waals surface area contributed by atoms with E-state index in [-0.39, 0.29) is 11.7 Å². The van der Waals surface area contributed by atoms with E-state index in [9.17, 15) is 9.90 Å². The summed E-state index contributed by atoms with van der Waals surface area (Å²) in [6, 6.07) is 13.6. The number of amides is 1. The summed E-state index contributed by atoms with van der Waals surface area (Å²) >= 11 is 0. The van der Waals surface area contributed by atoms with Gasteiger partial charge in [-0.25, -0.2) is 5.43 Å². The molecule has 0 fully saturated rings. The van der Waals surface area contributed by atoms with E-state index in [0.29, 0.717) is 17.9 Å². The minimum absolute atomic E-state index is 0.191. The number of hydrogen-bond donors (Lipinski definition) is 2. The molecule has 0 bridgehead atoms. The quantitative estimate of drug-likeness (QED) is 0.635. The number of phenolic OH excluding ortho intramolecular Hbond substituents is 1. The molecule has 0 aliphatic heterocycles. The van der Waals surface area contributed by atoms with Gasteiger partial charge in [-0.15, -0.1) is 0 Å².